The fourth-order valence-electron chi connectivity index (χ4n) is 2.63. The number of carbonyl (C=O) groups excluding carboxylic acids is 1. The minimum absolute atomic E-state index is 0.0874. The second kappa shape index (κ2) is 8.15. The molecule has 26 heavy (non-hydrogen) atoms. The minimum Gasteiger partial charge on any atom is -0.298 e. The molecule has 0 bridgehead atoms. The van der Waals surface area contributed by atoms with E-state index in [1.54, 1.807) is 0 Å². The first-order chi connectivity index (χ1) is 12.6. The average molecular weight is 363 g/mol. The van der Waals surface area contributed by atoms with E-state index in [1.165, 1.54) is 11.8 Å². The van der Waals surface area contributed by atoms with Crippen molar-refractivity contribution >= 4 is 17.5 Å². The molecule has 0 amide bonds. The molecule has 4 nitrogen and oxygen atoms in total. The Hall–Kier alpha value is -2.66. The zero-order chi connectivity index (χ0) is 18.5. The van der Waals surface area contributed by atoms with Crippen molar-refractivity contribution in [3.05, 3.63) is 78.4 Å². The van der Waals surface area contributed by atoms with Crippen molar-refractivity contribution in [2.75, 3.05) is 0 Å². The van der Waals surface area contributed by atoms with Crippen molar-refractivity contribution in [1.29, 1.82) is 0 Å². The Morgan fingerprint density at radius 2 is 1.85 bits per heavy atom. The van der Waals surface area contributed by atoms with Gasteiger partial charge in [0.15, 0.2) is 16.8 Å². The minimum atomic E-state index is -0.255. The van der Waals surface area contributed by atoms with Crippen LogP contribution in [0.3, 0.4) is 0 Å². The van der Waals surface area contributed by atoms with Gasteiger partial charge in [0.25, 0.3) is 0 Å². The number of carbonyl (C=O) groups is 1. The van der Waals surface area contributed by atoms with Gasteiger partial charge < -0.3 is 0 Å². The first kappa shape index (κ1) is 18.1. The van der Waals surface area contributed by atoms with Crippen molar-refractivity contribution < 1.29 is 4.79 Å². The summed E-state index contributed by atoms with van der Waals surface area (Å²) < 4.78 is 1.99. The monoisotopic (exact) mass is 363 g/mol. The van der Waals surface area contributed by atoms with Crippen LogP contribution in [0.25, 0.3) is 11.4 Å². The van der Waals surface area contributed by atoms with Gasteiger partial charge in [0, 0.05) is 17.7 Å². The summed E-state index contributed by atoms with van der Waals surface area (Å²) in [5.41, 5.74) is 2.85. The van der Waals surface area contributed by atoms with E-state index < -0.39 is 0 Å². The molecule has 0 fully saturated rings. The second-order valence-electron chi connectivity index (χ2n) is 6.06. The molecule has 0 N–H and O–H groups in total. The fraction of sp³-hybridized carbons (Fsp3) is 0.190. The van der Waals surface area contributed by atoms with Crippen LogP contribution in [-0.2, 0) is 6.54 Å². The van der Waals surface area contributed by atoms with Gasteiger partial charge in [-0.3, -0.25) is 9.36 Å². The quantitative estimate of drug-likeness (QED) is 0.344. The Balaban J connectivity index is 1.85. The van der Waals surface area contributed by atoms with Crippen molar-refractivity contribution in [1.82, 2.24) is 14.8 Å². The highest BCUT2D eigenvalue weighted by Crippen LogP contribution is 2.28. The zero-order valence-corrected chi connectivity index (χ0v) is 15.7. The summed E-state index contributed by atoms with van der Waals surface area (Å²) in [6.45, 7) is 8.33. The van der Waals surface area contributed by atoms with Crippen molar-refractivity contribution in [2.45, 2.75) is 30.8 Å². The number of ketones is 1. The lowest BCUT2D eigenvalue weighted by molar-refractivity contribution is 0.0994. The van der Waals surface area contributed by atoms with E-state index in [0.29, 0.717) is 12.1 Å². The van der Waals surface area contributed by atoms with Gasteiger partial charge in [0.1, 0.15) is 0 Å². The highest BCUT2D eigenvalue weighted by atomic mass is 32.2. The van der Waals surface area contributed by atoms with Gasteiger partial charge in [0.05, 0.1) is 5.25 Å². The van der Waals surface area contributed by atoms with Crippen LogP contribution in [0, 0.1) is 6.92 Å². The molecule has 0 aliphatic carbocycles. The number of thioether (sulfide) groups is 1. The van der Waals surface area contributed by atoms with Crippen LogP contribution in [0.15, 0.2) is 72.4 Å². The molecule has 1 aromatic heterocycles. The van der Waals surface area contributed by atoms with E-state index in [2.05, 4.69) is 16.8 Å². The first-order valence-corrected chi connectivity index (χ1v) is 9.35. The number of benzene rings is 2. The molecule has 0 aliphatic heterocycles. The molecule has 1 atom stereocenters. The van der Waals surface area contributed by atoms with Crippen LogP contribution in [0.5, 0.6) is 0 Å². The third-order valence-electron chi connectivity index (χ3n) is 4.05. The highest BCUT2D eigenvalue weighted by molar-refractivity contribution is 8.00. The standard InChI is InChI=1S/C21H21N3OS/c1-4-14-24-20(18-8-6-5-7-9-18)22-23-21(24)26-16(3)19(25)17-12-10-15(2)11-13-17/h4-13,16H,1,14H2,2-3H3/t16-/m0/s1. The summed E-state index contributed by atoms with van der Waals surface area (Å²) >= 11 is 1.42. The molecular formula is C21H21N3OS. The van der Waals surface area contributed by atoms with Gasteiger partial charge in [-0.05, 0) is 13.8 Å². The summed E-state index contributed by atoms with van der Waals surface area (Å²) in [6.07, 6.45) is 1.81. The first-order valence-electron chi connectivity index (χ1n) is 8.47. The molecule has 0 aliphatic rings. The van der Waals surface area contributed by atoms with Gasteiger partial charge in [0.2, 0.25) is 0 Å². The number of nitrogens with zero attached hydrogens (tertiary/aromatic N) is 3. The third kappa shape index (κ3) is 3.94. The van der Waals surface area contributed by atoms with E-state index >= 15 is 0 Å². The molecule has 5 heteroatoms. The molecule has 132 valence electrons. The Labute approximate surface area is 158 Å². The molecule has 0 unspecified atom stereocenters. The number of hydrogen-bond acceptors (Lipinski definition) is 4. The molecule has 3 rings (SSSR count). The van der Waals surface area contributed by atoms with Crippen molar-refractivity contribution in [2.24, 2.45) is 0 Å². The lowest BCUT2D eigenvalue weighted by Crippen LogP contribution is -2.14. The largest absolute Gasteiger partial charge is 0.298 e. The number of allylic oxidation sites excluding steroid dienone is 1. The summed E-state index contributed by atoms with van der Waals surface area (Å²) in [6, 6.07) is 17.6. The zero-order valence-electron chi connectivity index (χ0n) is 14.9. The van der Waals surface area contributed by atoms with E-state index in [1.807, 2.05) is 79.1 Å². The topological polar surface area (TPSA) is 47.8 Å². The van der Waals surface area contributed by atoms with Crippen molar-refractivity contribution in [3.8, 4) is 11.4 Å². The van der Waals surface area contributed by atoms with E-state index in [9.17, 15) is 4.79 Å². The summed E-state index contributed by atoms with van der Waals surface area (Å²) in [5.74, 6) is 0.868. The maximum atomic E-state index is 12.7. The molecule has 2 aromatic carbocycles. The van der Waals surface area contributed by atoms with Gasteiger partial charge in [-0.15, -0.1) is 16.8 Å². The van der Waals surface area contributed by atoms with Crippen LogP contribution in [-0.4, -0.2) is 25.8 Å². The van der Waals surface area contributed by atoms with Crippen molar-refractivity contribution in [3.63, 3.8) is 0 Å². The Morgan fingerprint density at radius 3 is 2.50 bits per heavy atom. The number of aromatic nitrogens is 3. The Morgan fingerprint density at radius 1 is 1.15 bits per heavy atom. The summed E-state index contributed by atoms with van der Waals surface area (Å²) in [4.78, 5) is 12.7. The highest BCUT2D eigenvalue weighted by Gasteiger charge is 2.21. The molecular weight excluding hydrogens is 342 g/mol. The van der Waals surface area contributed by atoms with Crippen LogP contribution in [0.1, 0.15) is 22.8 Å². The lowest BCUT2D eigenvalue weighted by Gasteiger charge is -2.12. The summed E-state index contributed by atoms with van der Waals surface area (Å²) in [7, 11) is 0. The van der Waals surface area contributed by atoms with Gasteiger partial charge in [-0.2, -0.15) is 0 Å². The molecule has 0 radical (unpaired) electrons. The van der Waals surface area contributed by atoms with E-state index in [0.717, 1.165) is 22.1 Å². The Kier molecular flexibility index (Phi) is 5.68. The van der Waals surface area contributed by atoms with Crippen LogP contribution < -0.4 is 0 Å². The van der Waals surface area contributed by atoms with Crippen LogP contribution >= 0.6 is 11.8 Å². The lowest BCUT2D eigenvalue weighted by atomic mass is 10.1. The van der Waals surface area contributed by atoms with E-state index in [-0.39, 0.29) is 11.0 Å². The SMILES string of the molecule is C=CCn1c(S[C@@H](C)C(=O)c2ccc(C)cc2)nnc1-c1ccccc1. The second-order valence-corrected chi connectivity index (χ2v) is 7.37. The number of rotatable bonds is 7. The molecule has 3 aromatic rings. The third-order valence-corrected chi connectivity index (χ3v) is 5.13. The fourth-order valence-corrected chi connectivity index (χ4v) is 3.57. The van der Waals surface area contributed by atoms with Gasteiger partial charge >= 0.3 is 0 Å². The number of Topliss-reactive ketones (excluding diaryl/α,β-unsaturated/α-hetero) is 1. The summed E-state index contributed by atoms with van der Waals surface area (Å²) in [5, 5.41) is 9.12. The molecule has 0 spiro atoms. The molecule has 0 saturated carbocycles. The van der Waals surface area contributed by atoms with Gasteiger partial charge in [-0.1, -0.05) is 78.0 Å². The number of aryl methyl sites for hydroxylation is 1. The maximum absolute atomic E-state index is 12.7. The van der Waals surface area contributed by atoms with Gasteiger partial charge in [-0.25, -0.2) is 0 Å². The van der Waals surface area contributed by atoms with Crippen LogP contribution in [0.4, 0.5) is 0 Å². The normalized spacial score (nSPS) is 11.9. The maximum Gasteiger partial charge on any atom is 0.192 e. The van der Waals surface area contributed by atoms with E-state index in [4.69, 9.17) is 0 Å². The van der Waals surface area contributed by atoms with Crippen LogP contribution in [0.2, 0.25) is 0 Å². The molecule has 0 saturated heterocycles. The Bertz CT molecular complexity index is 901. The average Bonchev–Trinajstić information content (AvgIpc) is 3.05. The molecule has 1 heterocycles. The smallest absolute Gasteiger partial charge is 0.192 e. The number of hydrogen-bond donors (Lipinski definition) is 0. The predicted molar refractivity (Wildman–Crippen MR) is 106 cm³/mol. The predicted octanol–water partition coefficient (Wildman–Crippen LogP) is 4.80.